The summed E-state index contributed by atoms with van der Waals surface area (Å²) in [4.78, 5) is 0. The van der Waals surface area contributed by atoms with Crippen molar-refractivity contribution in [2.45, 2.75) is 39.7 Å². The molecule has 0 aromatic carbocycles. The Morgan fingerprint density at radius 2 is 1.89 bits per heavy atom. The molecule has 0 rings (SSSR count). The third-order valence-corrected chi connectivity index (χ3v) is 0.606. The van der Waals surface area contributed by atoms with Gasteiger partial charge in [-0.25, -0.2) is 0 Å². The van der Waals surface area contributed by atoms with E-state index in [4.69, 9.17) is 4.74 Å². The summed E-state index contributed by atoms with van der Waals surface area (Å²) >= 11 is 0. The van der Waals surface area contributed by atoms with Crippen molar-refractivity contribution in [2.24, 2.45) is 0 Å². The van der Waals surface area contributed by atoms with Gasteiger partial charge in [-0.05, 0) is 20.8 Å². The molecule has 0 heterocycles. The molecule has 0 unspecified atom stereocenters. The second kappa shape index (κ2) is 3.40. The van der Waals surface area contributed by atoms with Gasteiger partial charge in [0, 0.05) is 6.42 Å². The van der Waals surface area contributed by atoms with Gasteiger partial charge in [0.2, 0.25) is 0 Å². The van der Waals surface area contributed by atoms with Crippen molar-refractivity contribution in [1.29, 1.82) is 0 Å². The van der Waals surface area contributed by atoms with E-state index < -0.39 is 0 Å². The summed E-state index contributed by atoms with van der Waals surface area (Å²) in [5, 5.41) is 0. The fourth-order valence-electron chi connectivity index (χ4n) is 0.261. The molecule has 0 aliphatic carbocycles. The molecule has 0 fully saturated rings. The SMILES string of the molecule is CCC#COC(C)(C)C. The minimum atomic E-state index is -0.123. The molecular formula is C8H14O. The summed E-state index contributed by atoms with van der Waals surface area (Å²) in [5.41, 5.74) is -0.123. The van der Waals surface area contributed by atoms with Crippen LogP contribution in [0.3, 0.4) is 0 Å². The minimum absolute atomic E-state index is 0.123. The lowest BCUT2D eigenvalue weighted by Crippen LogP contribution is -2.15. The summed E-state index contributed by atoms with van der Waals surface area (Å²) in [6.07, 6.45) is 3.48. The third kappa shape index (κ3) is 7.36. The highest BCUT2D eigenvalue weighted by molar-refractivity contribution is 4.91. The highest BCUT2D eigenvalue weighted by Gasteiger charge is 2.07. The first-order chi connectivity index (χ1) is 4.06. The standard InChI is InChI=1S/C8H14O/c1-5-6-7-9-8(2,3)4/h5H2,1-4H3. The highest BCUT2D eigenvalue weighted by atomic mass is 16.5. The van der Waals surface area contributed by atoms with Crippen LogP contribution >= 0.6 is 0 Å². The number of hydrogen-bond acceptors (Lipinski definition) is 1. The van der Waals surface area contributed by atoms with E-state index in [0.29, 0.717) is 0 Å². The molecule has 0 bridgehead atoms. The van der Waals surface area contributed by atoms with E-state index in [1.807, 2.05) is 27.7 Å². The van der Waals surface area contributed by atoms with E-state index in [-0.39, 0.29) is 5.60 Å². The van der Waals surface area contributed by atoms with Crippen molar-refractivity contribution >= 4 is 0 Å². The molecule has 0 spiro atoms. The summed E-state index contributed by atoms with van der Waals surface area (Å²) in [7, 11) is 0. The molecule has 52 valence electrons. The number of rotatable bonds is 0. The highest BCUT2D eigenvalue weighted by Crippen LogP contribution is 2.04. The zero-order chi connectivity index (χ0) is 7.33. The van der Waals surface area contributed by atoms with Crippen molar-refractivity contribution in [3.05, 3.63) is 0 Å². The molecule has 0 aliphatic heterocycles. The van der Waals surface area contributed by atoms with Crippen molar-refractivity contribution in [3.63, 3.8) is 0 Å². The topological polar surface area (TPSA) is 9.23 Å². The van der Waals surface area contributed by atoms with Crippen LogP contribution in [0.1, 0.15) is 34.1 Å². The Balaban J connectivity index is 3.50. The molecule has 0 amide bonds. The minimum Gasteiger partial charge on any atom is -0.441 e. The van der Waals surface area contributed by atoms with Crippen LogP contribution in [0.15, 0.2) is 0 Å². The average molecular weight is 126 g/mol. The van der Waals surface area contributed by atoms with Gasteiger partial charge in [-0.15, -0.1) is 0 Å². The molecule has 1 nitrogen and oxygen atoms in total. The maximum absolute atomic E-state index is 5.11. The Morgan fingerprint density at radius 3 is 2.22 bits per heavy atom. The normalized spacial score (nSPS) is 9.78. The molecule has 0 saturated carbocycles. The number of hydrogen-bond donors (Lipinski definition) is 0. The first-order valence-corrected chi connectivity index (χ1v) is 3.22. The average Bonchev–Trinajstić information content (AvgIpc) is 1.63. The maximum atomic E-state index is 5.11. The molecular weight excluding hydrogens is 112 g/mol. The molecule has 0 atom stereocenters. The fraction of sp³-hybridized carbons (Fsp3) is 0.750. The van der Waals surface area contributed by atoms with Gasteiger partial charge in [0.25, 0.3) is 0 Å². The third-order valence-electron chi connectivity index (χ3n) is 0.606. The van der Waals surface area contributed by atoms with Gasteiger partial charge in [0.1, 0.15) is 11.7 Å². The lowest BCUT2D eigenvalue weighted by Gasteiger charge is -2.14. The zero-order valence-corrected chi connectivity index (χ0v) is 6.62. The van der Waals surface area contributed by atoms with Crippen molar-refractivity contribution < 1.29 is 4.74 Å². The van der Waals surface area contributed by atoms with E-state index in [1.165, 1.54) is 0 Å². The van der Waals surface area contributed by atoms with E-state index in [2.05, 4.69) is 12.0 Å². The molecule has 0 aromatic rings. The monoisotopic (exact) mass is 126 g/mol. The van der Waals surface area contributed by atoms with Gasteiger partial charge in [-0.2, -0.15) is 0 Å². The van der Waals surface area contributed by atoms with Crippen LogP contribution in [0.5, 0.6) is 0 Å². The summed E-state index contributed by atoms with van der Waals surface area (Å²) in [5.74, 6) is 2.83. The van der Waals surface area contributed by atoms with Crippen LogP contribution in [0.4, 0.5) is 0 Å². The van der Waals surface area contributed by atoms with Crippen LogP contribution in [0, 0.1) is 12.0 Å². The molecule has 0 aliphatic rings. The smallest absolute Gasteiger partial charge is 0.112 e. The lowest BCUT2D eigenvalue weighted by atomic mass is 10.2. The largest absolute Gasteiger partial charge is 0.441 e. The zero-order valence-electron chi connectivity index (χ0n) is 6.62. The van der Waals surface area contributed by atoms with Crippen LogP contribution in [-0.4, -0.2) is 5.60 Å². The summed E-state index contributed by atoms with van der Waals surface area (Å²) in [6.45, 7) is 7.95. The first kappa shape index (κ1) is 8.36. The maximum Gasteiger partial charge on any atom is 0.112 e. The van der Waals surface area contributed by atoms with E-state index in [1.54, 1.807) is 0 Å². The molecule has 0 aromatic heterocycles. The molecule has 1 heteroatoms. The fourth-order valence-corrected chi connectivity index (χ4v) is 0.261. The quantitative estimate of drug-likeness (QED) is 0.452. The van der Waals surface area contributed by atoms with Crippen LogP contribution in [0.25, 0.3) is 0 Å². The van der Waals surface area contributed by atoms with Crippen molar-refractivity contribution in [2.75, 3.05) is 0 Å². The van der Waals surface area contributed by atoms with Crippen LogP contribution in [-0.2, 0) is 4.74 Å². The second-order valence-electron chi connectivity index (χ2n) is 2.85. The van der Waals surface area contributed by atoms with Crippen molar-refractivity contribution in [3.8, 4) is 12.0 Å². The Bertz CT molecular complexity index is 120. The van der Waals surface area contributed by atoms with E-state index >= 15 is 0 Å². The Labute approximate surface area is 57.4 Å². The number of ether oxygens (including phenoxy) is 1. The molecule has 9 heavy (non-hydrogen) atoms. The predicted octanol–water partition coefficient (Wildman–Crippen LogP) is 2.17. The first-order valence-electron chi connectivity index (χ1n) is 3.22. The molecule has 0 N–H and O–H groups in total. The van der Waals surface area contributed by atoms with Gasteiger partial charge >= 0.3 is 0 Å². The van der Waals surface area contributed by atoms with Gasteiger partial charge in [-0.1, -0.05) is 12.8 Å². The Hall–Kier alpha value is -0.640. The second-order valence-corrected chi connectivity index (χ2v) is 2.85. The van der Waals surface area contributed by atoms with Gasteiger partial charge in [0.05, 0.1) is 0 Å². The van der Waals surface area contributed by atoms with Crippen molar-refractivity contribution in [1.82, 2.24) is 0 Å². The van der Waals surface area contributed by atoms with Crippen LogP contribution in [0.2, 0.25) is 0 Å². The van der Waals surface area contributed by atoms with E-state index in [0.717, 1.165) is 6.42 Å². The Morgan fingerprint density at radius 1 is 1.33 bits per heavy atom. The van der Waals surface area contributed by atoms with Gasteiger partial charge in [0.15, 0.2) is 0 Å². The van der Waals surface area contributed by atoms with Gasteiger partial charge in [-0.3, -0.25) is 0 Å². The van der Waals surface area contributed by atoms with E-state index in [9.17, 15) is 0 Å². The summed E-state index contributed by atoms with van der Waals surface area (Å²) < 4.78 is 5.11. The van der Waals surface area contributed by atoms with Crippen LogP contribution < -0.4 is 0 Å². The van der Waals surface area contributed by atoms with Gasteiger partial charge < -0.3 is 4.74 Å². The lowest BCUT2D eigenvalue weighted by molar-refractivity contribution is 0.0961. The Kier molecular flexibility index (Phi) is 3.16. The molecule has 0 radical (unpaired) electrons. The molecule has 0 saturated heterocycles. The predicted molar refractivity (Wildman–Crippen MR) is 38.9 cm³/mol. The summed E-state index contributed by atoms with van der Waals surface area (Å²) in [6, 6.07) is 0.